The number of hydrogen-bond acceptors (Lipinski definition) is 5. The number of halogens is 1. The number of amides is 1. The van der Waals surface area contributed by atoms with Crippen LogP contribution in [0.4, 0.5) is 4.39 Å². The Morgan fingerprint density at radius 1 is 1.19 bits per heavy atom. The van der Waals surface area contributed by atoms with E-state index in [-0.39, 0.29) is 18.5 Å². The van der Waals surface area contributed by atoms with Gasteiger partial charge < -0.3 is 14.8 Å². The first-order valence-corrected chi connectivity index (χ1v) is 9.27. The van der Waals surface area contributed by atoms with Gasteiger partial charge in [-0.25, -0.2) is 9.37 Å². The molecule has 1 aliphatic rings. The topological polar surface area (TPSA) is 60.5 Å². The van der Waals surface area contributed by atoms with Gasteiger partial charge in [0.15, 0.2) is 11.5 Å². The molecule has 27 heavy (non-hydrogen) atoms. The van der Waals surface area contributed by atoms with Gasteiger partial charge in [0.2, 0.25) is 6.79 Å². The van der Waals surface area contributed by atoms with Gasteiger partial charge in [0, 0.05) is 16.9 Å². The molecule has 0 radical (unpaired) electrons. The summed E-state index contributed by atoms with van der Waals surface area (Å²) in [6.45, 7) is 2.47. The zero-order valence-corrected chi connectivity index (χ0v) is 15.4. The summed E-state index contributed by atoms with van der Waals surface area (Å²) in [5.41, 5.74) is 2.47. The van der Waals surface area contributed by atoms with Crippen LogP contribution in [0.3, 0.4) is 0 Å². The molecule has 1 N–H and O–H groups in total. The molecule has 0 bridgehead atoms. The van der Waals surface area contributed by atoms with Crippen molar-refractivity contribution in [2.24, 2.45) is 0 Å². The summed E-state index contributed by atoms with van der Waals surface area (Å²) in [4.78, 5) is 18.0. The van der Waals surface area contributed by atoms with Crippen molar-refractivity contribution in [2.45, 2.75) is 19.9 Å². The second-order valence-corrected chi connectivity index (χ2v) is 7.34. The van der Waals surface area contributed by atoms with Crippen LogP contribution in [0.5, 0.6) is 11.5 Å². The van der Waals surface area contributed by atoms with Crippen molar-refractivity contribution >= 4 is 17.2 Å². The third-order valence-electron chi connectivity index (χ3n) is 4.25. The van der Waals surface area contributed by atoms with Crippen molar-refractivity contribution in [1.29, 1.82) is 0 Å². The largest absolute Gasteiger partial charge is 0.454 e. The molecular weight excluding hydrogens is 367 g/mol. The average molecular weight is 384 g/mol. The van der Waals surface area contributed by atoms with Crippen LogP contribution >= 0.6 is 11.3 Å². The first kappa shape index (κ1) is 17.5. The number of hydrogen-bond donors (Lipinski definition) is 1. The molecule has 0 atom stereocenters. The second kappa shape index (κ2) is 7.36. The third-order valence-corrected chi connectivity index (χ3v) is 5.41. The lowest BCUT2D eigenvalue weighted by Crippen LogP contribution is -2.22. The van der Waals surface area contributed by atoms with E-state index in [4.69, 9.17) is 9.47 Å². The SMILES string of the molecule is Cc1nc(CNC(=O)c2ccc3c(c2)OCO3)sc1Cc1ccc(F)cc1. The van der Waals surface area contributed by atoms with Gasteiger partial charge in [-0.2, -0.15) is 0 Å². The maximum atomic E-state index is 13.0. The maximum absolute atomic E-state index is 13.0. The quantitative estimate of drug-likeness (QED) is 0.726. The predicted octanol–water partition coefficient (Wildman–Crippen LogP) is 3.84. The maximum Gasteiger partial charge on any atom is 0.251 e. The summed E-state index contributed by atoms with van der Waals surface area (Å²) in [5.74, 6) is 0.787. The molecular formula is C20H17FN2O3S. The Balaban J connectivity index is 1.40. The highest BCUT2D eigenvalue weighted by molar-refractivity contribution is 7.11. The molecule has 0 spiro atoms. The molecule has 1 amide bonds. The van der Waals surface area contributed by atoms with Crippen molar-refractivity contribution in [3.63, 3.8) is 0 Å². The molecule has 2 aromatic carbocycles. The Morgan fingerprint density at radius 3 is 2.78 bits per heavy atom. The molecule has 4 rings (SSSR count). The molecule has 0 fully saturated rings. The average Bonchev–Trinajstić information content (AvgIpc) is 3.27. The minimum absolute atomic E-state index is 0.176. The number of carbonyl (C=O) groups excluding carboxylic acids is 1. The summed E-state index contributed by atoms with van der Waals surface area (Å²) in [6.07, 6.45) is 0.694. The van der Waals surface area contributed by atoms with Crippen LogP contribution in [0.1, 0.15) is 31.5 Å². The van der Waals surface area contributed by atoms with E-state index >= 15 is 0 Å². The Bertz CT molecular complexity index is 985. The number of aromatic nitrogens is 1. The molecule has 5 nitrogen and oxygen atoms in total. The molecule has 1 aliphatic heterocycles. The monoisotopic (exact) mass is 384 g/mol. The highest BCUT2D eigenvalue weighted by Gasteiger charge is 2.16. The first-order valence-electron chi connectivity index (χ1n) is 8.46. The summed E-state index contributed by atoms with van der Waals surface area (Å²) in [6, 6.07) is 11.6. The van der Waals surface area contributed by atoms with E-state index in [1.165, 1.54) is 12.1 Å². The van der Waals surface area contributed by atoms with Crippen LogP contribution in [0.15, 0.2) is 42.5 Å². The number of rotatable bonds is 5. The molecule has 0 aliphatic carbocycles. The number of aryl methyl sites for hydroxylation is 1. The van der Waals surface area contributed by atoms with Gasteiger partial charge >= 0.3 is 0 Å². The molecule has 0 saturated carbocycles. The smallest absolute Gasteiger partial charge is 0.251 e. The minimum atomic E-state index is -0.244. The lowest BCUT2D eigenvalue weighted by atomic mass is 10.1. The number of nitrogens with zero attached hydrogens (tertiary/aromatic N) is 1. The van der Waals surface area contributed by atoms with Crippen LogP contribution in [0, 0.1) is 12.7 Å². The normalized spacial score (nSPS) is 12.2. The van der Waals surface area contributed by atoms with E-state index in [0.29, 0.717) is 30.0 Å². The Labute approximate surface area is 159 Å². The fraction of sp³-hybridized carbons (Fsp3) is 0.200. The van der Waals surface area contributed by atoms with Crippen LogP contribution in [-0.4, -0.2) is 17.7 Å². The Hall–Kier alpha value is -2.93. The van der Waals surface area contributed by atoms with E-state index in [1.807, 2.05) is 6.92 Å². The standard InChI is InChI=1S/C20H17FN2O3S/c1-12-18(8-13-2-5-15(21)6-3-13)27-19(23-12)10-22-20(24)14-4-7-16-17(9-14)26-11-25-16/h2-7,9H,8,10-11H2,1H3,(H,22,24). The number of ether oxygens (including phenoxy) is 2. The number of thiazole rings is 1. The van der Waals surface area contributed by atoms with Crippen LogP contribution in [0.25, 0.3) is 0 Å². The molecule has 2 heterocycles. The van der Waals surface area contributed by atoms with Crippen molar-refractivity contribution in [3.8, 4) is 11.5 Å². The summed E-state index contributed by atoms with van der Waals surface area (Å²) in [5, 5.41) is 3.71. The number of carbonyl (C=O) groups is 1. The fourth-order valence-electron chi connectivity index (χ4n) is 2.81. The number of benzene rings is 2. The summed E-state index contributed by atoms with van der Waals surface area (Å²) >= 11 is 1.55. The molecule has 138 valence electrons. The molecule has 0 unspecified atom stereocenters. The lowest BCUT2D eigenvalue weighted by Gasteiger charge is -2.04. The van der Waals surface area contributed by atoms with E-state index in [0.717, 1.165) is 21.1 Å². The molecule has 7 heteroatoms. The van der Waals surface area contributed by atoms with Crippen LogP contribution in [0.2, 0.25) is 0 Å². The Morgan fingerprint density at radius 2 is 1.96 bits per heavy atom. The van der Waals surface area contributed by atoms with E-state index < -0.39 is 0 Å². The van der Waals surface area contributed by atoms with Gasteiger partial charge in [0.25, 0.3) is 5.91 Å². The molecule has 0 saturated heterocycles. The van der Waals surface area contributed by atoms with Crippen molar-refractivity contribution in [3.05, 3.63) is 75.0 Å². The number of nitrogens with one attached hydrogen (secondary N) is 1. The fourth-order valence-corrected chi connectivity index (χ4v) is 3.85. The van der Waals surface area contributed by atoms with Crippen molar-refractivity contribution in [1.82, 2.24) is 10.3 Å². The van der Waals surface area contributed by atoms with E-state index in [1.54, 1.807) is 41.7 Å². The van der Waals surface area contributed by atoms with Gasteiger partial charge in [-0.05, 0) is 42.8 Å². The zero-order chi connectivity index (χ0) is 18.8. The molecule has 1 aromatic heterocycles. The number of fused-ring (bicyclic) bond motifs is 1. The van der Waals surface area contributed by atoms with Crippen LogP contribution < -0.4 is 14.8 Å². The first-order chi connectivity index (χ1) is 13.1. The lowest BCUT2D eigenvalue weighted by molar-refractivity contribution is 0.0950. The van der Waals surface area contributed by atoms with Gasteiger partial charge in [-0.1, -0.05) is 12.1 Å². The van der Waals surface area contributed by atoms with Gasteiger partial charge in [0.1, 0.15) is 10.8 Å². The highest BCUT2D eigenvalue weighted by atomic mass is 32.1. The van der Waals surface area contributed by atoms with E-state index in [9.17, 15) is 9.18 Å². The zero-order valence-electron chi connectivity index (χ0n) is 14.6. The van der Waals surface area contributed by atoms with Gasteiger partial charge in [-0.15, -0.1) is 11.3 Å². The third kappa shape index (κ3) is 3.93. The van der Waals surface area contributed by atoms with E-state index in [2.05, 4.69) is 10.3 Å². The van der Waals surface area contributed by atoms with Gasteiger partial charge in [0.05, 0.1) is 12.2 Å². The van der Waals surface area contributed by atoms with Crippen molar-refractivity contribution < 1.29 is 18.7 Å². The summed E-state index contributed by atoms with van der Waals surface area (Å²) < 4.78 is 23.6. The Kier molecular flexibility index (Phi) is 4.77. The highest BCUT2D eigenvalue weighted by Crippen LogP contribution is 2.32. The predicted molar refractivity (Wildman–Crippen MR) is 99.8 cm³/mol. The summed E-state index contributed by atoms with van der Waals surface area (Å²) in [7, 11) is 0. The second-order valence-electron chi connectivity index (χ2n) is 6.17. The van der Waals surface area contributed by atoms with Gasteiger partial charge in [-0.3, -0.25) is 4.79 Å². The van der Waals surface area contributed by atoms with Crippen LogP contribution in [-0.2, 0) is 13.0 Å². The molecule has 3 aromatic rings. The minimum Gasteiger partial charge on any atom is -0.454 e. The van der Waals surface area contributed by atoms with Crippen molar-refractivity contribution in [2.75, 3.05) is 6.79 Å².